The van der Waals surface area contributed by atoms with Crippen molar-refractivity contribution in [3.63, 3.8) is 0 Å². The summed E-state index contributed by atoms with van der Waals surface area (Å²) in [5.41, 5.74) is 1.94. The lowest BCUT2D eigenvalue weighted by atomic mass is 9.99. The Hall–Kier alpha value is -1.06. The summed E-state index contributed by atoms with van der Waals surface area (Å²) in [4.78, 5) is 0. The molecule has 1 aliphatic heterocycles. The van der Waals surface area contributed by atoms with Gasteiger partial charge in [0.15, 0.2) is 0 Å². The van der Waals surface area contributed by atoms with E-state index in [4.69, 9.17) is 4.74 Å². The number of hydrogen-bond acceptors (Lipinski definition) is 3. The number of aliphatic hydroxyl groups is 1. The molecule has 0 aromatic heterocycles. The number of benzene rings is 1. The monoisotopic (exact) mass is 263 g/mol. The van der Waals surface area contributed by atoms with Crippen LogP contribution in [-0.2, 0) is 6.42 Å². The van der Waals surface area contributed by atoms with Gasteiger partial charge in [-0.3, -0.25) is 0 Å². The Balaban J connectivity index is 1.95. The molecule has 0 spiro atoms. The molecular weight excluding hydrogens is 238 g/mol. The molecule has 2 rings (SSSR count). The fraction of sp³-hybridized carbons (Fsp3) is 0.625. The molecule has 0 fully saturated rings. The summed E-state index contributed by atoms with van der Waals surface area (Å²) in [6, 6.07) is 6.62. The Morgan fingerprint density at radius 3 is 3.00 bits per heavy atom. The summed E-state index contributed by atoms with van der Waals surface area (Å²) in [5, 5.41) is 13.6. The molecule has 0 saturated heterocycles. The predicted octanol–water partition coefficient (Wildman–Crippen LogP) is 2.82. The fourth-order valence-electron chi connectivity index (χ4n) is 2.59. The van der Waals surface area contributed by atoms with Crippen molar-refractivity contribution < 1.29 is 9.84 Å². The second kappa shape index (κ2) is 5.93. The Kier molecular flexibility index (Phi) is 4.48. The number of ether oxygens (including phenoxy) is 1. The van der Waals surface area contributed by atoms with E-state index < -0.39 is 5.60 Å². The zero-order valence-electron chi connectivity index (χ0n) is 12.2. The van der Waals surface area contributed by atoms with Gasteiger partial charge in [0, 0.05) is 19.0 Å². The van der Waals surface area contributed by atoms with Crippen molar-refractivity contribution >= 4 is 0 Å². The maximum atomic E-state index is 10.2. The van der Waals surface area contributed by atoms with Crippen molar-refractivity contribution in [3.05, 3.63) is 29.3 Å². The highest BCUT2D eigenvalue weighted by molar-refractivity contribution is 5.40. The lowest BCUT2D eigenvalue weighted by molar-refractivity contribution is 0.0476. The molecule has 2 unspecified atom stereocenters. The van der Waals surface area contributed by atoms with Gasteiger partial charge in [0.25, 0.3) is 0 Å². The Bertz CT molecular complexity index is 429. The summed E-state index contributed by atoms with van der Waals surface area (Å²) in [7, 11) is 0. The van der Waals surface area contributed by atoms with Gasteiger partial charge in [-0.25, -0.2) is 0 Å². The first-order chi connectivity index (χ1) is 9.02. The van der Waals surface area contributed by atoms with Crippen LogP contribution in [0.2, 0.25) is 0 Å². The lowest BCUT2D eigenvalue weighted by Gasteiger charge is -2.26. The van der Waals surface area contributed by atoms with Crippen LogP contribution < -0.4 is 10.1 Å². The van der Waals surface area contributed by atoms with Gasteiger partial charge in [0.05, 0.1) is 12.2 Å². The predicted molar refractivity (Wildman–Crippen MR) is 77.6 cm³/mol. The highest BCUT2D eigenvalue weighted by atomic mass is 16.5. The second-order valence-electron chi connectivity index (χ2n) is 5.82. The largest absolute Gasteiger partial charge is 0.493 e. The van der Waals surface area contributed by atoms with E-state index in [9.17, 15) is 5.11 Å². The van der Waals surface area contributed by atoms with Crippen LogP contribution in [0.25, 0.3) is 0 Å². The molecule has 0 aliphatic carbocycles. The molecule has 1 heterocycles. The van der Waals surface area contributed by atoms with E-state index in [0.29, 0.717) is 6.54 Å². The topological polar surface area (TPSA) is 41.5 Å². The maximum Gasteiger partial charge on any atom is 0.122 e. The molecule has 1 aromatic carbocycles. The molecule has 0 amide bonds. The van der Waals surface area contributed by atoms with Gasteiger partial charge in [-0.05, 0) is 37.5 Å². The molecule has 0 bridgehead atoms. The summed E-state index contributed by atoms with van der Waals surface area (Å²) in [6.45, 7) is 7.55. The minimum atomic E-state index is -0.622. The van der Waals surface area contributed by atoms with E-state index in [1.165, 1.54) is 11.1 Å². The molecule has 1 aromatic rings. The molecule has 0 radical (unpaired) electrons. The molecule has 2 N–H and O–H groups in total. The summed E-state index contributed by atoms with van der Waals surface area (Å²) < 4.78 is 5.52. The normalized spacial score (nSPS) is 18.5. The summed E-state index contributed by atoms with van der Waals surface area (Å²) >= 11 is 0. The van der Waals surface area contributed by atoms with Gasteiger partial charge >= 0.3 is 0 Å². The van der Waals surface area contributed by atoms with E-state index in [0.717, 1.165) is 31.6 Å². The zero-order valence-corrected chi connectivity index (χ0v) is 12.2. The van der Waals surface area contributed by atoms with E-state index in [2.05, 4.69) is 37.4 Å². The third kappa shape index (κ3) is 3.71. The van der Waals surface area contributed by atoms with Crippen molar-refractivity contribution in [3.8, 4) is 5.75 Å². The third-order valence-electron chi connectivity index (χ3n) is 3.79. The van der Waals surface area contributed by atoms with Gasteiger partial charge in [0.2, 0.25) is 0 Å². The first kappa shape index (κ1) is 14.4. The van der Waals surface area contributed by atoms with E-state index in [-0.39, 0.29) is 6.04 Å². The van der Waals surface area contributed by atoms with Crippen LogP contribution in [-0.4, -0.2) is 23.9 Å². The zero-order chi connectivity index (χ0) is 13.9. The molecule has 19 heavy (non-hydrogen) atoms. The van der Waals surface area contributed by atoms with Crippen LogP contribution >= 0.6 is 0 Å². The van der Waals surface area contributed by atoms with Crippen LogP contribution in [0, 0.1) is 0 Å². The highest BCUT2D eigenvalue weighted by Crippen LogP contribution is 2.28. The Labute approximate surface area is 116 Å². The lowest BCUT2D eigenvalue weighted by Crippen LogP contribution is -2.38. The summed E-state index contributed by atoms with van der Waals surface area (Å²) in [5.74, 6) is 1.02. The average Bonchev–Trinajstić information content (AvgIpc) is 2.83. The molecule has 3 heteroatoms. The fourth-order valence-corrected chi connectivity index (χ4v) is 2.59. The number of hydrogen-bond donors (Lipinski definition) is 2. The Morgan fingerprint density at radius 1 is 1.47 bits per heavy atom. The Morgan fingerprint density at radius 2 is 2.26 bits per heavy atom. The van der Waals surface area contributed by atoms with E-state index >= 15 is 0 Å². The van der Waals surface area contributed by atoms with Crippen molar-refractivity contribution in [2.75, 3.05) is 13.2 Å². The van der Waals surface area contributed by atoms with Crippen LogP contribution in [0.15, 0.2) is 18.2 Å². The highest BCUT2D eigenvalue weighted by Gasteiger charge is 2.20. The van der Waals surface area contributed by atoms with Gasteiger partial charge in [0.1, 0.15) is 5.75 Å². The minimum absolute atomic E-state index is 0.245. The van der Waals surface area contributed by atoms with E-state index in [1.807, 2.05) is 6.92 Å². The standard InChI is InChI=1S/C16H25NO2/c1-4-8-16(3,18)11-17-12(2)13-5-6-15-14(10-13)7-9-19-15/h5-6,10,12,17-18H,4,7-9,11H2,1-3H3. The van der Waals surface area contributed by atoms with Crippen LogP contribution in [0.3, 0.4) is 0 Å². The quantitative estimate of drug-likeness (QED) is 0.829. The molecular formula is C16H25NO2. The number of nitrogens with one attached hydrogen (secondary N) is 1. The average molecular weight is 263 g/mol. The van der Waals surface area contributed by atoms with Crippen LogP contribution in [0.1, 0.15) is 50.8 Å². The molecule has 106 valence electrons. The van der Waals surface area contributed by atoms with Crippen LogP contribution in [0.5, 0.6) is 5.75 Å². The maximum absolute atomic E-state index is 10.2. The third-order valence-corrected chi connectivity index (χ3v) is 3.79. The van der Waals surface area contributed by atoms with Crippen LogP contribution in [0.4, 0.5) is 0 Å². The molecule has 2 atom stereocenters. The van der Waals surface area contributed by atoms with Crippen molar-refractivity contribution in [2.24, 2.45) is 0 Å². The van der Waals surface area contributed by atoms with Gasteiger partial charge in [-0.15, -0.1) is 0 Å². The van der Waals surface area contributed by atoms with E-state index in [1.54, 1.807) is 0 Å². The molecule has 1 aliphatic rings. The molecule has 0 saturated carbocycles. The number of fused-ring (bicyclic) bond motifs is 1. The molecule has 3 nitrogen and oxygen atoms in total. The second-order valence-corrected chi connectivity index (χ2v) is 5.82. The minimum Gasteiger partial charge on any atom is -0.493 e. The summed E-state index contributed by atoms with van der Waals surface area (Å²) in [6.07, 6.45) is 2.83. The smallest absolute Gasteiger partial charge is 0.122 e. The first-order valence-electron chi connectivity index (χ1n) is 7.23. The van der Waals surface area contributed by atoms with Gasteiger partial charge in [-0.2, -0.15) is 0 Å². The van der Waals surface area contributed by atoms with Crippen molar-refractivity contribution in [1.82, 2.24) is 5.32 Å². The SMILES string of the molecule is CCCC(C)(O)CNC(C)c1ccc2c(c1)CCO2. The number of rotatable bonds is 6. The van der Waals surface area contributed by atoms with Gasteiger partial charge in [-0.1, -0.05) is 25.5 Å². The first-order valence-corrected chi connectivity index (χ1v) is 7.23. The van der Waals surface area contributed by atoms with Gasteiger partial charge < -0.3 is 15.2 Å². The van der Waals surface area contributed by atoms with Crippen molar-refractivity contribution in [1.29, 1.82) is 0 Å². The van der Waals surface area contributed by atoms with Crippen molar-refractivity contribution in [2.45, 2.75) is 51.7 Å².